The molecule has 21 heavy (non-hydrogen) atoms. The lowest BCUT2D eigenvalue weighted by molar-refractivity contribution is -0.143. The molecule has 2 fully saturated rings. The van der Waals surface area contributed by atoms with Crippen LogP contribution in [0.5, 0.6) is 0 Å². The molecule has 114 valence electrons. The molecule has 2 amide bonds. The van der Waals surface area contributed by atoms with Gasteiger partial charge in [-0.1, -0.05) is 12.5 Å². The Morgan fingerprint density at radius 1 is 1.38 bits per heavy atom. The summed E-state index contributed by atoms with van der Waals surface area (Å²) in [4.78, 5) is 28.9. The summed E-state index contributed by atoms with van der Waals surface area (Å²) >= 11 is 1.60. The molecule has 1 aliphatic heterocycles. The third-order valence-corrected chi connectivity index (χ3v) is 5.10. The van der Waals surface area contributed by atoms with E-state index in [0.717, 1.165) is 24.1 Å². The van der Waals surface area contributed by atoms with Gasteiger partial charge in [-0.25, -0.2) is 0 Å². The fourth-order valence-electron chi connectivity index (χ4n) is 2.82. The molecule has 1 aromatic rings. The second kappa shape index (κ2) is 6.15. The van der Waals surface area contributed by atoms with Crippen LogP contribution in [0.1, 0.15) is 24.1 Å². The molecule has 1 N–H and O–H groups in total. The number of aliphatic hydroxyl groups excluding tert-OH is 1. The van der Waals surface area contributed by atoms with Gasteiger partial charge >= 0.3 is 0 Å². The van der Waals surface area contributed by atoms with Crippen LogP contribution in [-0.2, 0) is 16.1 Å². The van der Waals surface area contributed by atoms with Gasteiger partial charge in [0.25, 0.3) is 0 Å². The summed E-state index contributed by atoms with van der Waals surface area (Å²) in [5, 5.41) is 12.1. The highest BCUT2D eigenvalue weighted by Crippen LogP contribution is 2.28. The Balaban J connectivity index is 1.67. The maximum atomic E-state index is 12.4. The van der Waals surface area contributed by atoms with Gasteiger partial charge in [0.05, 0.1) is 19.2 Å². The van der Waals surface area contributed by atoms with Crippen molar-refractivity contribution in [3.8, 4) is 0 Å². The molecule has 2 aliphatic rings. The molecular weight excluding hydrogens is 288 g/mol. The Labute approximate surface area is 128 Å². The summed E-state index contributed by atoms with van der Waals surface area (Å²) in [7, 11) is 0. The maximum absolute atomic E-state index is 12.4. The van der Waals surface area contributed by atoms with Gasteiger partial charge in [-0.2, -0.15) is 0 Å². The standard InChI is InChI=1S/C15H20N2O3S/c18-12-7-16(9-13-5-2-6-21-13)14(19)10-17(8-12)15(20)11-3-1-4-11/h2,5-6,11-12,18H,1,3-4,7-10H2. The number of carbonyl (C=O) groups is 2. The van der Waals surface area contributed by atoms with Crippen LogP contribution < -0.4 is 0 Å². The van der Waals surface area contributed by atoms with Gasteiger partial charge < -0.3 is 14.9 Å². The van der Waals surface area contributed by atoms with Crippen LogP contribution in [0.4, 0.5) is 0 Å². The molecular formula is C15H20N2O3S. The molecule has 3 rings (SSSR count). The molecule has 0 spiro atoms. The van der Waals surface area contributed by atoms with Crippen molar-refractivity contribution in [2.45, 2.75) is 31.9 Å². The van der Waals surface area contributed by atoms with Crippen LogP contribution in [0, 0.1) is 5.92 Å². The van der Waals surface area contributed by atoms with E-state index in [9.17, 15) is 14.7 Å². The van der Waals surface area contributed by atoms with E-state index >= 15 is 0 Å². The van der Waals surface area contributed by atoms with E-state index in [4.69, 9.17) is 0 Å². The molecule has 0 bridgehead atoms. The minimum atomic E-state index is -0.666. The van der Waals surface area contributed by atoms with Crippen LogP contribution in [-0.4, -0.2) is 52.5 Å². The molecule has 2 heterocycles. The number of hydrogen-bond donors (Lipinski definition) is 1. The predicted molar refractivity (Wildman–Crippen MR) is 79.7 cm³/mol. The first-order valence-electron chi connectivity index (χ1n) is 7.40. The molecule has 6 heteroatoms. The SMILES string of the molecule is O=C1CN(C(=O)C2CCC2)CC(O)CN1Cc1cccs1. The fourth-order valence-corrected chi connectivity index (χ4v) is 3.54. The van der Waals surface area contributed by atoms with Crippen molar-refractivity contribution in [3.63, 3.8) is 0 Å². The highest BCUT2D eigenvalue weighted by atomic mass is 32.1. The molecule has 1 saturated heterocycles. The summed E-state index contributed by atoms with van der Waals surface area (Å²) in [6, 6.07) is 3.93. The Morgan fingerprint density at radius 3 is 2.81 bits per heavy atom. The van der Waals surface area contributed by atoms with Crippen LogP contribution in [0.15, 0.2) is 17.5 Å². The number of nitrogens with zero attached hydrogens (tertiary/aromatic N) is 2. The lowest BCUT2D eigenvalue weighted by Gasteiger charge is -2.30. The van der Waals surface area contributed by atoms with Crippen LogP contribution in [0.3, 0.4) is 0 Å². The van der Waals surface area contributed by atoms with Crippen molar-refractivity contribution in [3.05, 3.63) is 22.4 Å². The Kier molecular flexibility index (Phi) is 4.26. The zero-order valence-electron chi connectivity index (χ0n) is 11.9. The van der Waals surface area contributed by atoms with E-state index in [0.29, 0.717) is 13.1 Å². The van der Waals surface area contributed by atoms with Gasteiger partial charge in [0.2, 0.25) is 11.8 Å². The molecule has 0 radical (unpaired) electrons. The van der Waals surface area contributed by atoms with Crippen molar-refractivity contribution >= 4 is 23.2 Å². The lowest BCUT2D eigenvalue weighted by Crippen LogP contribution is -2.44. The highest BCUT2D eigenvalue weighted by molar-refractivity contribution is 7.09. The lowest BCUT2D eigenvalue weighted by atomic mass is 9.84. The Morgan fingerprint density at radius 2 is 2.19 bits per heavy atom. The quantitative estimate of drug-likeness (QED) is 0.909. The van der Waals surface area contributed by atoms with E-state index in [-0.39, 0.29) is 30.8 Å². The van der Waals surface area contributed by atoms with E-state index in [1.54, 1.807) is 21.1 Å². The number of rotatable bonds is 3. The summed E-state index contributed by atoms with van der Waals surface area (Å²) in [5.74, 6) is 0.0214. The molecule has 1 aliphatic carbocycles. The second-order valence-corrected chi connectivity index (χ2v) is 6.89. The largest absolute Gasteiger partial charge is 0.389 e. The van der Waals surface area contributed by atoms with E-state index in [1.165, 1.54) is 0 Å². The van der Waals surface area contributed by atoms with E-state index in [2.05, 4.69) is 0 Å². The van der Waals surface area contributed by atoms with Crippen molar-refractivity contribution in [1.82, 2.24) is 9.80 Å². The number of β-amino-alcohol motifs (C(OH)–C–C–N with tert-alkyl or cyclic N) is 1. The number of carbonyl (C=O) groups excluding carboxylic acids is 2. The van der Waals surface area contributed by atoms with Crippen molar-refractivity contribution in [2.75, 3.05) is 19.6 Å². The molecule has 1 saturated carbocycles. The van der Waals surface area contributed by atoms with Crippen LogP contribution in [0.2, 0.25) is 0 Å². The Hall–Kier alpha value is -1.40. The maximum Gasteiger partial charge on any atom is 0.242 e. The first-order valence-corrected chi connectivity index (χ1v) is 8.28. The third-order valence-electron chi connectivity index (χ3n) is 4.23. The van der Waals surface area contributed by atoms with Crippen molar-refractivity contribution in [1.29, 1.82) is 0 Å². The summed E-state index contributed by atoms with van der Waals surface area (Å²) in [6.45, 7) is 1.17. The number of amides is 2. The molecule has 1 unspecified atom stereocenters. The summed E-state index contributed by atoms with van der Waals surface area (Å²) in [5.41, 5.74) is 0. The number of hydrogen-bond acceptors (Lipinski definition) is 4. The smallest absolute Gasteiger partial charge is 0.242 e. The number of thiophene rings is 1. The van der Waals surface area contributed by atoms with E-state index < -0.39 is 6.10 Å². The molecule has 5 nitrogen and oxygen atoms in total. The second-order valence-electron chi connectivity index (χ2n) is 5.85. The number of aliphatic hydroxyl groups is 1. The zero-order chi connectivity index (χ0) is 14.8. The minimum Gasteiger partial charge on any atom is -0.389 e. The van der Waals surface area contributed by atoms with Gasteiger partial charge in [-0.3, -0.25) is 9.59 Å². The van der Waals surface area contributed by atoms with Crippen LogP contribution in [0.25, 0.3) is 0 Å². The molecule has 1 aromatic heterocycles. The highest BCUT2D eigenvalue weighted by Gasteiger charge is 2.34. The van der Waals surface area contributed by atoms with Crippen LogP contribution >= 0.6 is 11.3 Å². The van der Waals surface area contributed by atoms with Gasteiger partial charge in [-0.15, -0.1) is 11.3 Å². The van der Waals surface area contributed by atoms with Gasteiger partial charge in [0.15, 0.2) is 0 Å². The molecule has 1 atom stereocenters. The average molecular weight is 308 g/mol. The molecule has 0 aromatic carbocycles. The third kappa shape index (κ3) is 3.27. The zero-order valence-corrected chi connectivity index (χ0v) is 12.7. The monoisotopic (exact) mass is 308 g/mol. The summed E-state index contributed by atoms with van der Waals surface area (Å²) < 4.78 is 0. The predicted octanol–water partition coefficient (Wildman–Crippen LogP) is 1.08. The van der Waals surface area contributed by atoms with E-state index in [1.807, 2.05) is 17.5 Å². The minimum absolute atomic E-state index is 0.0339. The normalized spacial score (nSPS) is 23.9. The van der Waals surface area contributed by atoms with Crippen molar-refractivity contribution in [2.24, 2.45) is 5.92 Å². The van der Waals surface area contributed by atoms with Gasteiger partial charge in [0.1, 0.15) is 0 Å². The van der Waals surface area contributed by atoms with Gasteiger partial charge in [0, 0.05) is 23.9 Å². The topological polar surface area (TPSA) is 60.9 Å². The van der Waals surface area contributed by atoms with Gasteiger partial charge in [-0.05, 0) is 24.3 Å². The first-order chi connectivity index (χ1) is 10.1. The first kappa shape index (κ1) is 14.5. The summed E-state index contributed by atoms with van der Waals surface area (Å²) in [6.07, 6.45) is 2.25. The fraction of sp³-hybridized carbons (Fsp3) is 0.600. The van der Waals surface area contributed by atoms with Crippen molar-refractivity contribution < 1.29 is 14.7 Å². The Bertz CT molecular complexity index is 513. The average Bonchev–Trinajstić information content (AvgIpc) is 2.82.